The highest BCUT2D eigenvalue weighted by Crippen LogP contribution is 2.17. The summed E-state index contributed by atoms with van der Waals surface area (Å²) in [4.78, 5) is 2.18. The van der Waals surface area contributed by atoms with E-state index in [2.05, 4.69) is 46.9 Å². The maximum absolute atomic E-state index is 13.4. The van der Waals surface area contributed by atoms with E-state index in [1.807, 2.05) is 13.1 Å². The molecule has 4 heteroatoms. The third-order valence-corrected chi connectivity index (χ3v) is 3.23. The van der Waals surface area contributed by atoms with E-state index in [4.69, 9.17) is 0 Å². The molecule has 0 unspecified atom stereocenters. The van der Waals surface area contributed by atoms with Gasteiger partial charge in [-0.25, -0.2) is 4.39 Å². The van der Waals surface area contributed by atoms with Gasteiger partial charge in [0.2, 0.25) is 0 Å². The van der Waals surface area contributed by atoms with E-state index in [0.717, 1.165) is 25.2 Å². The molecule has 0 spiro atoms. The summed E-state index contributed by atoms with van der Waals surface area (Å²) in [6, 6.07) is 5.28. The molecule has 0 heterocycles. The average Bonchev–Trinajstić information content (AvgIpc) is 2.21. The SMILES string of the molecule is CN(CCNC(C)(C)C)Cc1ccc(Br)c(F)c1. The highest BCUT2D eigenvalue weighted by Gasteiger charge is 2.09. The third-order valence-electron chi connectivity index (χ3n) is 2.59. The molecule has 2 nitrogen and oxygen atoms in total. The predicted molar refractivity (Wildman–Crippen MR) is 78.2 cm³/mol. The van der Waals surface area contributed by atoms with Gasteiger partial charge < -0.3 is 10.2 Å². The second kappa shape index (κ2) is 6.64. The van der Waals surface area contributed by atoms with Crippen molar-refractivity contribution in [3.8, 4) is 0 Å². The lowest BCUT2D eigenvalue weighted by molar-refractivity contribution is 0.303. The van der Waals surface area contributed by atoms with Crippen molar-refractivity contribution < 1.29 is 4.39 Å². The predicted octanol–water partition coefficient (Wildman–Crippen LogP) is 3.41. The van der Waals surface area contributed by atoms with Crippen LogP contribution in [0.2, 0.25) is 0 Å². The minimum atomic E-state index is -0.200. The van der Waals surface area contributed by atoms with Gasteiger partial charge in [0.25, 0.3) is 0 Å². The van der Waals surface area contributed by atoms with Crippen LogP contribution in [-0.2, 0) is 6.54 Å². The molecule has 0 radical (unpaired) electrons. The average molecular weight is 317 g/mol. The van der Waals surface area contributed by atoms with Gasteiger partial charge in [-0.1, -0.05) is 6.07 Å². The molecule has 1 rings (SSSR count). The number of nitrogens with zero attached hydrogens (tertiary/aromatic N) is 1. The van der Waals surface area contributed by atoms with Crippen LogP contribution in [0.15, 0.2) is 22.7 Å². The van der Waals surface area contributed by atoms with Crippen LogP contribution in [0.4, 0.5) is 4.39 Å². The van der Waals surface area contributed by atoms with Crippen LogP contribution in [0.5, 0.6) is 0 Å². The summed E-state index contributed by atoms with van der Waals surface area (Å²) < 4.78 is 13.9. The summed E-state index contributed by atoms with van der Waals surface area (Å²) in [5.41, 5.74) is 1.14. The number of halogens is 2. The zero-order valence-corrected chi connectivity index (χ0v) is 13.1. The third kappa shape index (κ3) is 5.94. The topological polar surface area (TPSA) is 15.3 Å². The van der Waals surface area contributed by atoms with E-state index >= 15 is 0 Å². The first-order chi connectivity index (χ1) is 8.28. The smallest absolute Gasteiger partial charge is 0.137 e. The zero-order valence-electron chi connectivity index (χ0n) is 11.6. The second-order valence-corrected chi connectivity index (χ2v) is 6.52. The Kier molecular flexibility index (Phi) is 5.76. The Balaban J connectivity index is 2.40. The summed E-state index contributed by atoms with van der Waals surface area (Å²) >= 11 is 3.16. The van der Waals surface area contributed by atoms with Crippen LogP contribution in [0.1, 0.15) is 26.3 Å². The zero-order chi connectivity index (χ0) is 13.8. The van der Waals surface area contributed by atoms with Crippen molar-refractivity contribution in [1.82, 2.24) is 10.2 Å². The largest absolute Gasteiger partial charge is 0.311 e. The van der Waals surface area contributed by atoms with Crippen LogP contribution < -0.4 is 5.32 Å². The first-order valence-electron chi connectivity index (χ1n) is 6.15. The Morgan fingerprint density at radius 3 is 2.56 bits per heavy atom. The fraction of sp³-hybridized carbons (Fsp3) is 0.571. The Morgan fingerprint density at radius 1 is 1.33 bits per heavy atom. The van der Waals surface area contributed by atoms with Gasteiger partial charge in [-0.3, -0.25) is 0 Å². The maximum atomic E-state index is 13.4. The molecule has 0 aliphatic carbocycles. The fourth-order valence-electron chi connectivity index (χ4n) is 1.65. The summed E-state index contributed by atoms with van der Waals surface area (Å²) in [6.45, 7) is 9.08. The Labute approximate surface area is 118 Å². The normalized spacial score (nSPS) is 12.2. The minimum Gasteiger partial charge on any atom is -0.311 e. The molecule has 0 amide bonds. The van der Waals surface area contributed by atoms with E-state index in [0.29, 0.717) is 4.47 Å². The molecule has 18 heavy (non-hydrogen) atoms. The lowest BCUT2D eigenvalue weighted by Gasteiger charge is -2.23. The fourth-order valence-corrected chi connectivity index (χ4v) is 1.90. The molecule has 0 aliphatic rings. The van der Waals surface area contributed by atoms with Gasteiger partial charge in [0.05, 0.1) is 4.47 Å². The van der Waals surface area contributed by atoms with E-state index in [-0.39, 0.29) is 11.4 Å². The minimum absolute atomic E-state index is 0.143. The van der Waals surface area contributed by atoms with Crippen molar-refractivity contribution >= 4 is 15.9 Å². The van der Waals surface area contributed by atoms with Crippen LogP contribution in [0.25, 0.3) is 0 Å². The molecule has 0 aromatic heterocycles. The standard InChI is InChI=1S/C14H22BrFN2/c1-14(2,3)17-7-8-18(4)10-11-5-6-12(15)13(16)9-11/h5-6,9,17H,7-8,10H2,1-4H3. The number of hydrogen-bond acceptors (Lipinski definition) is 2. The van der Waals surface area contributed by atoms with Gasteiger partial charge in [-0.05, 0) is 61.4 Å². The van der Waals surface area contributed by atoms with Gasteiger partial charge in [0.1, 0.15) is 5.82 Å². The number of nitrogens with one attached hydrogen (secondary N) is 1. The summed E-state index contributed by atoms with van der Waals surface area (Å²) in [5.74, 6) is -0.200. The highest BCUT2D eigenvalue weighted by atomic mass is 79.9. The Morgan fingerprint density at radius 2 is 2.00 bits per heavy atom. The van der Waals surface area contributed by atoms with Crippen molar-refractivity contribution in [3.63, 3.8) is 0 Å². The number of benzene rings is 1. The van der Waals surface area contributed by atoms with Gasteiger partial charge in [0.15, 0.2) is 0 Å². The van der Waals surface area contributed by atoms with E-state index in [1.165, 1.54) is 0 Å². The van der Waals surface area contributed by atoms with Crippen LogP contribution in [-0.4, -0.2) is 30.6 Å². The summed E-state index contributed by atoms with van der Waals surface area (Å²) in [7, 11) is 2.05. The van der Waals surface area contributed by atoms with E-state index < -0.39 is 0 Å². The first-order valence-corrected chi connectivity index (χ1v) is 6.95. The molecule has 0 saturated heterocycles. The van der Waals surface area contributed by atoms with Crippen molar-refractivity contribution in [2.45, 2.75) is 32.9 Å². The maximum Gasteiger partial charge on any atom is 0.137 e. The molecule has 0 atom stereocenters. The molecular formula is C14H22BrFN2. The molecule has 0 bridgehead atoms. The lowest BCUT2D eigenvalue weighted by atomic mass is 10.1. The quantitative estimate of drug-likeness (QED) is 0.895. The number of rotatable bonds is 5. The number of hydrogen-bond donors (Lipinski definition) is 1. The van der Waals surface area contributed by atoms with E-state index in [1.54, 1.807) is 12.1 Å². The van der Waals surface area contributed by atoms with Crippen molar-refractivity contribution in [3.05, 3.63) is 34.1 Å². The second-order valence-electron chi connectivity index (χ2n) is 5.66. The van der Waals surface area contributed by atoms with Gasteiger partial charge in [-0.15, -0.1) is 0 Å². The van der Waals surface area contributed by atoms with E-state index in [9.17, 15) is 4.39 Å². The Bertz CT molecular complexity index is 388. The lowest BCUT2D eigenvalue weighted by Crippen LogP contribution is -2.40. The summed E-state index contributed by atoms with van der Waals surface area (Å²) in [6.07, 6.45) is 0. The molecule has 0 aliphatic heterocycles. The molecule has 0 fully saturated rings. The Hall–Kier alpha value is -0.450. The monoisotopic (exact) mass is 316 g/mol. The van der Waals surface area contributed by atoms with Crippen LogP contribution in [0.3, 0.4) is 0 Å². The van der Waals surface area contributed by atoms with Gasteiger partial charge >= 0.3 is 0 Å². The molecule has 1 N–H and O–H groups in total. The van der Waals surface area contributed by atoms with Crippen molar-refractivity contribution in [2.75, 3.05) is 20.1 Å². The van der Waals surface area contributed by atoms with Crippen LogP contribution in [0, 0.1) is 5.82 Å². The molecular weight excluding hydrogens is 295 g/mol. The summed E-state index contributed by atoms with van der Waals surface area (Å²) in [5, 5.41) is 3.44. The van der Waals surface area contributed by atoms with Gasteiger partial charge in [-0.2, -0.15) is 0 Å². The van der Waals surface area contributed by atoms with Crippen molar-refractivity contribution in [2.24, 2.45) is 0 Å². The van der Waals surface area contributed by atoms with Crippen molar-refractivity contribution in [1.29, 1.82) is 0 Å². The first kappa shape index (κ1) is 15.6. The highest BCUT2D eigenvalue weighted by molar-refractivity contribution is 9.10. The number of likely N-dealkylation sites (N-methyl/N-ethyl adjacent to an activating group) is 1. The molecule has 102 valence electrons. The molecule has 0 saturated carbocycles. The molecule has 1 aromatic carbocycles. The van der Waals surface area contributed by atoms with Gasteiger partial charge in [0, 0.05) is 25.2 Å². The van der Waals surface area contributed by atoms with Crippen LogP contribution >= 0.6 is 15.9 Å². The molecule has 1 aromatic rings.